The van der Waals surface area contributed by atoms with Crippen molar-refractivity contribution in [2.45, 2.75) is 32.8 Å². The van der Waals surface area contributed by atoms with Crippen molar-refractivity contribution >= 4 is 12.0 Å². The van der Waals surface area contributed by atoms with E-state index in [0.29, 0.717) is 39.6 Å². The van der Waals surface area contributed by atoms with Crippen molar-refractivity contribution in [2.75, 3.05) is 39.6 Å². The first-order valence-electron chi connectivity index (χ1n) is 12.4. The Morgan fingerprint density at radius 2 is 1.39 bits per heavy atom. The van der Waals surface area contributed by atoms with Crippen molar-refractivity contribution in [3.05, 3.63) is 93.5 Å². The molecule has 0 radical (unpaired) electrons. The van der Waals surface area contributed by atoms with Crippen LogP contribution in [0.4, 0.5) is 0 Å². The van der Waals surface area contributed by atoms with Gasteiger partial charge in [0.2, 0.25) is 0 Å². The number of carbonyl (C=O) groups excluding carboxylic acids is 1. The highest BCUT2D eigenvalue weighted by atomic mass is 16.5. The van der Waals surface area contributed by atoms with Crippen LogP contribution >= 0.6 is 0 Å². The van der Waals surface area contributed by atoms with Gasteiger partial charge in [0.05, 0.1) is 46.2 Å². The maximum Gasteiger partial charge on any atom is 0.125 e. The minimum atomic E-state index is -0.334. The SMILES string of the molecule is Cc1ccc2c(c1)C(C)(c1ccc(COCCOCCOCCO)c(C=C=O)c1)c1cc(C)ccc1-2. The molecule has 0 amide bonds. The van der Waals surface area contributed by atoms with Gasteiger partial charge in [0.15, 0.2) is 0 Å². The number of aryl methyl sites for hydroxylation is 2. The lowest BCUT2D eigenvalue weighted by atomic mass is 9.73. The van der Waals surface area contributed by atoms with Crippen LogP contribution in [-0.2, 0) is 31.0 Å². The number of hydrogen-bond donors (Lipinski definition) is 1. The molecule has 3 aromatic carbocycles. The third kappa shape index (κ3) is 5.36. The molecule has 36 heavy (non-hydrogen) atoms. The molecular formula is C31H34O5. The number of hydrogen-bond acceptors (Lipinski definition) is 5. The number of fused-ring (bicyclic) bond motifs is 3. The van der Waals surface area contributed by atoms with E-state index in [1.165, 1.54) is 39.5 Å². The predicted molar refractivity (Wildman–Crippen MR) is 142 cm³/mol. The average Bonchev–Trinajstić information content (AvgIpc) is 3.12. The van der Waals surface area contributed by atoms with Crippen LogP contribution in [0.1, 0.15) is 45.9 Å². The van der Waals surface area contributed by atoms with Gasteiger partial charge in [-0.05, 0) is 65.8 Å². The van der Waals surface area contributed by atoms with Crippen LogP contribution in [0.3, 0.4) is 0 Å². The van der Waals surface area contributed by atoms with E-state index in [2.05, 4.69) is 75.4 Å². The summed E-state index contributed by atoms with van der Waals surface area (Å²) < 4.78 is 16.5. The lowest BCUT2D eigenvalue weighted by molar-refractivity contribution is 0.00448. The van der Waals surface area contributed by atoms with Crippen LogP contribution in [0.25, 0.3) is 17.2 Å². The van der Waals surface area contributed by atoms with Crippen LogP contribution in [-0.4, -0.2) is 50.7 Å². The number of rotatable bonds is 12. The van der Waals surface area contributed by atoms with Crippen molar-refractivity contribution in [1.82, 2.24) is 0 Å². The molecule has 0 atom stereocenters. The van der Waals surface area contributed by atoms with Gasteiger partial charge in [-0.15, -0.1) is 0 Å². The number of aliphatic hydroxyl groups excluding tert-OH is 1. The second-order valence-electron chi connectivity index (χ2n) is 9.40. The van der Waals surface area contributed by atoms with E-state index < -0.39 is 0 Å². The number of benzene rings is 3. The molecule has 3 aromatic rings. The zero-order valence-electron chi connectivity index (χ0n) is 21.3. The second kappa shape index (κ2) is 11.8. The molecule has 0 saturated carbocycles. The molecule has 0 heterocycles. The molecule has 0 bridgehead atoms. The van der Waals surface area contributed by atoms with E-state index >= 15 is 0 Å². The van der Waals surface area contributed by atoms with Gasteiger partial charge >= 0.3 is 0 Å². The van der Waals surface area contributed by atoms with Gasteiger partial charge in [0, 0.05) is 11.5 Å². The summed E-state index contributed by atoms with van der Waals surface area (Å²) >= 11 is 0. The highest BCUT2D eigenvalue weighted by Crippen LogP contribution is 2.53. The first-order valence-corrected chi connectivity index (χ1v) is 12.4. The largest absolute Gasteiger partial charge is 0.394 e. The Bertz CT molecular complexity index is 1200. The van der Waals surface area contributed by atoms with Gasteiger partial charge in [-0.2, -0.15) is 0 Å². The van der Waals surface area contributed by atoms with E-state index in [-0.39, 0.29) is 12.0 Å². The molecule has 0 aliphatic heterocycles. The quantitative estimate of drug-likeness (QED) is 0.288. The molecule has 0 saturated heterocycles. The molecular weight excluding hydrogens is 452 g/mol. The van der Waals surface area contributed by atoms with Crippen LogP contribution < -0.4 is 0 Å². The van der Waals surface area contributed by atoms with Gasteiger partial charge in [-0.25, -0.2) is 4.79 Å². The Morgan fingerprint density at radius 3 is 1.97 bits per heavy atom. The standard InChI is InChI=1S/C31H34O5/c1-22-4-8-27-28-9-5-23(2)19-30(28)31(3,29(27)18-22)26-7-6-25(24(20-26)10-11-32)21-36-17-16-35-15-14-34-13-12-33/h4-10,18-20,33H,12-17,21H2,1-3H3. The van der Waals surface area contributed by atoms with Gasteiger partial charge in [0.1, 0.15) is 5.94 Å². The number of aliphatic hydroxyl groups is 1. The third-order valence-corrected chi connectivity index (χ3v) is 6.89. The van der Waals surface area contributed by atoms with Crippen molar-refractivity contribution in [3.8, 4) is 11.1 Å². The molecule has 1 aliphatic rings. The van der Waals surface area contributed by atoms with Crippen molar-refractivity contribution in [2.24, 2.45) is 0 Å². The Balaban J connectivity index is 1.55. The van der Waals surface area contributed by atoms with Gasteiger partial charge in [0.25, 0.3) is 0 Å². The summed E-state index contributed by atoms with van der Waals surface area (Å²) in [6, 6.07) is 19.6. The molecule has 1 aliphatic carbocycles. The first-order chi connectivity index (χ1) is 17.5. The maximum absolute atomic E-state index is 11.4. The summed E-state index contributed by atoms with van der Waals surface area (Å²) in [6.07, 6.45) is 1.49. The Labute approximate surface area is 213 Å². The predicted octanol–water partition coefficient (Wildman–Crippen LogP) is 5.03. The van der Waals surface area contributed by atoms with E-state index in [0.717, 1.165) is 16.7 Å². The second-order valence-corrected chi connectivity index (χ2v) is 9.40. The molecule has 4 rings (SSSR count). The molecule has 0 unspecified atom stereocenters. The minimum absolute atomic E-state index is 0.0108. The highest BCUT2D eigenvalue weighted by molar-refractivity contribution is 5.84. The molecule has 188 valence electrons. The van der Waals surface area contributed by atoms with Gasteiger partial charge in [-0.1, -0.05) is 59.7 Å². The Kier molecular flexibility index (Phi) is 8.52. The summed E-state index contributed by atoms with van der Waals surface area (Å²) in [5.74, 6) is 1.96. The van der Waals surface area contributed by atoms with E-state index in [9.17, 15) is 4.79 Å². The van der Waals surface area contributed by atoms with Crippen LogP contribution in [0, 0.1) is 13.8 Å². The molecule has 0 aromatic heterocycles. The van der Waals surface area contributed by atoms with Gasteiger partial charge < -0.3 is 19.3 Å². The maximum atomic E-state index is 11.4. The van der Waals surface area contributed by atoms with Crippen LogP contribution in [0.2, 0.25) is 0 Å². The average molecular weight is 487 g/mol. The van der Waals surface area contributed by atoms with Crippen LogP contribution in [0.15, 0.2) is 54.6 Å². The molecule has 0 spiro atoms. The van der Waals surface area contributed by atoms with E-state index in [1.807, 2.05) is 5.94 Å². The topological polar surface area (TPSA) is 65.0 Å². The van der Waals surface area contributed by atoms with Gasteiger partial charge in [-0.3, -0.25) is 0 Å². The fourth-order valence-electron chi connectivity index (χ4n) is 4.99. The zero-order chi connectivity index (χ0) is 25.5. The first kappa shape index (κ1) is 26.0. The summed E-state index contributed by atoms with van der Waals surface area (Å²) in [7, 11) is 0. The fourth-order valence-corrected chi connectivity index (χ4v) is 4.99. The van der Waals surface area contributed by atoms with E-state index in [4.69, 9.17) is 19.3 Å². The smallest absolute Gasteiger partial charge is 0.125 e. The van der Waals surface area contributed by atoms with E-state index in [1.54, 1.807) is 0 Å². The third-order valence-electron chi connectivity index (χ3n) is 6.89. The Morgan fingerprint density at radius 1 is 0.806 bits per heavy atom. The van der Waals surface area contributed by atoms with Crippen molar-refractivity contribution in [3.63, 3.8) is 0 Å². The lowest BCUT2D eigenvalue weighted by Crippen LogP contribution is -2.23. The monoisotopic (exact) mass is 486 g/mol. The van der Waals surface area contributed by atoms with Crippen molar-refractivity contribution in [1.29, 1.82) is 0 Å². The molecule has 5 heteroatoms. The summed E-state index contributed by atoms with van der Waals surface area (Å²) in [6.45, 7) is 9.02. The fraction of sp³-hybridized carbons (Fsp3) is 0.355. The summed E-state index contributed by atoms with van der Waals surface area (Å²) in [4.78, 5) is 11.4. The molecule has 5 nitrogen and oxygen atoms in total. The minimum Gasteiger partial charge on any atom is -0.394 e. The van der Waals surface area contributed by atoms with Crippen molar-refractivity contribution < 1.29 is 24.1 Å². The van der Waals surface area contributed by atoms with Crippen LogP contribution in [0.5, 0.6) is 0 Å². The lowest BCUT2D eigenvalue weighted by Gasteiger charge is -2.29. The summed E-state index contributed by atoms with van der Waals surface area (Å²) in [5.41, 5.74) is 10.1. The summed E-state index contributed by atoms with van der Waals surface area (Å²) in [5, 5.41) is 8.70. The highest BCUT2D eigenvalue weighted by Gasteiger charge is 2.41. The Hall–Kier alpha value is -3.05. The molecule has 0 fully saturated rings. The number of ether oxygens (including phenoxy) is 3. The normalized spacial score (nSPS) is 13.2. The zero-order valence-corrected chi connectivity index (χ0v) is 21.3. The molecule has 1 N–H and O–H groups in total.